The molecule has 2 aromatic heterocycles. The summed E-state index contributed by atoms with van der Waals surface area (Å²) in [6, 6.07) is 5.45. The Hall–Kier alpha value is -1.39. The van der Waals surface area contributed by atoms with Crippen LogP contribution in [0.15, 0.2) is 24.4 Å². The predicted octanol–water partition coefficient (Wildman–Crippen LogP) is 2.54. The number of rotatable bonds is 3. The van der Waals surface area contributed by atoms with Crippen LogP contribution in [0.1, 0.15) is 31.2 Å². The molecule has 5 heteroatoms. The first kappa shape index (κ1) is 12.1. The van der Waals surface area contributed by atoms with Gasteiger partial charge in [-0.05, 0) is 24.1 Å². The lowest BCUT2D eigenvalue weighted by Gasteiger charge is -2.04. The van der Waals surface area contributed by atoms with Crippen LogP contribution < -0.4 is 0 Å². The van der Waals surface area contributed by atoms with Crippen molar-refractivity contribution < 1.29 is 5.11 Å². The fourth-order valence-electron chi connectivity index (χ4n) is 1.48. The molecule has 1 N–H and O–H groups in total. The van der Waals surface area contributed by atoms with E-state index in [4.69, 9.17) is 16.7 Å². The van der Waals surface area contributed by atoms with Crippen LogP contribution in [-0.2, 0) is 6.61 Å². The summed E-state index contributed by atoms with van der Waals surface area (Å²) in [5.74, 6) is 1.03. The highest BCUT2D eigenvalue weighted by atomic mass is 35.5. The van der Waals surface area contributed by atoms with E-state index >= 15 is 0 Å². The first-order valence-electron chi connectivity index (χ1n) is 5.44. The Balaban J connectivity index is 2.38. The summed E-state index contributed by atoms with van der Waals surface area (Å²) in [6.45, 7) is 3.99. The average Bonchev–Trinajstić information content (AvgIpc) is 2.79. The van der Waals surface area contributed by atoms with Crippen LogP contribution in [0.25, 0.3) is 5.82 Å². The summed E-state index contributed by atoms with van der Waals surface area (Å²) in [6.07, 6.45) is 1.85. The lowest BCUT2D eigenvalue weighted by Crippen LogP contribution is -2.02. The molecule has 0 aliphatic heterocycles. The van der Waals surface area contributed by atoms with Gasteiger partial charge in [0.25, 0.3) is 0 Å². The number of aromatic nitrogens is 3. The Morgan fingerprint density at radius 1 is 1.35 bits per heavy atom. The SMILES string of the molecule is CC(C)c1ccn(-c2ccc(Cl)c(CO)n2)n1. The van der Waals surface area contributed by atoms with Gasteiger partial charge in [0.05, 0.1) is 23.0 Å². The normalized spacial score (nSPS) is 11.1. The van der Waals surface area contributed by atoms with Crippen molar-refractivity contribution in [2.45, 2.75) is 26.4 Å². The molecule has 2 rings (SSSR count). The molecule has 0 amide bonds. The van der Waals surface area contributed by atoms with Gasteiger partial charge < -0.3 is 5.11 Å². The highest BCUT2D eigenvalue weighted by molar-refractivity contribution is 6.31. The first-order valence-corrected chi connectivity index (χ1v) is 5.82. The second kappa shape index (κ2) is 4.85. The van der Waals surface area contributed by atoms with Crippen molar-refractivity contribution >= 4 is 11.6 Å². The number of hydrogen-bond acceptors (Lipinski definition) is 3. The van der Waals surface area contributed by atoms with Crippen LogP contribution in [0, 0.1) is 0 Å². The van der Waals surface area contributed by atoms with E-state index in [2.05, 4.69) is 23.9 Å². The van der Waals surface area contributed by atoms with Gasteiger partial charge in [-0.15, -0.1) is 0 Å². The third-order valence-electron chi connectivity index (χ3n) is 2.49. The molecule has 0 radical (unpaired) electrons. The quantitative estimate of drug-likeness (QED) is 0.912. The fourth-order valence-corrected chi connectivity index (χ4v) is 1.65. The van der Waals surface area contributed by atoms with Crippen LogP contribution in [-0.4, -0.2) is 19.9 Å². The Morgan fingerprint density at radius 3 is 2.71 bits per heavy atom. The molecular formula is C12H14ClN3O. The molecule has 0 atom stereocenters. The smallest absolute Gasteiger partial charge is 0.153 e. The minimum atomic E-state index is -0.176. The van der Waals surface area contributed by atoms with Crippen molar-refractivity contribution in [1.82, 2.24) is 14.8 Å². The fraction of sp³-hybridized carbons (Fsp3) is 0.333. The second-order valence-corrected chi connectivity index (χ2v) is 4.50. The first-order chi connectivity index (χ1) is 8.11. The lowest BCUT2D eigenvalue weighted by molar-refractivity contribution is 0.277. The molecule has 0 bridgehead atoms. The molecule has 17 heavy (non-hydrogen) atoms. The van der Waals surface area contributed by atoms with Crippen molar-refractivity contribution in [2.24, 2.45) is 0 Å². The number of nitrogens with zero attached hydrogens (tertiary/aromatic N) is 3. The van der Waals surface area contributed by atoms with Gasteiger partial charge in [0.2, 0.25) is 0 Å². The van der Waals surface area contributed by atoms with Crippen LogP contribution in [0.4, 0.5) is 0 Å². The second-order valence-electron chi connectivity index (χ2n) is 4.10. The van der Waals surface area contributed by atoms with E-state index < -0.39 is 0 Å². The van der Waals surface area contributed by atoms with Crippen molar-refractivity contribution in [3.05, 3.63) is 40.8 Å². The minimum Gasteiger partial charge on any atom is -0.390 e. The number of pyridine rings is 1. The molecule has 90 valence electrons. The molecule has 0 saturated heterocycles. The monoisotopic (exact) mass is 251 g/mol. The Bertz CT molecular complexity index is 522. The molecule has 0 aliphatic rings. The third kappa shape index (κ3) is 2.48. The maximum absolute atomic E-state index is 9.11. The van der Waals surface area contributed by atoms with E-state index in [1.807, 2.05) is 12.3 Å². The summed E-state index contributed by atoms with van der Waals surface area (Å²) in [5, 5.41) is 14.0. The van der Waals surface area contributed by atoms with Crippen molar-refractivity contribution in [3.63, 3.8) is 0 Å². The number of halogens is 1. The topological polar surface area (TPSA) is 50.9 Å². The zero-order chi connectivity index (χ0) is 12.4. The number of aliphatic hydroxyl groups excluding tert-OH is 1. The van der Waals surface area contributed by atoms with Gasteiger partial charge in [0.15, 0.2) is 5.82 Å². The van der Waals surface area contributed by atoms with Crippen LogP contribution >= 0.6 is 11.6 Å². The van der Waals surface area contributed by atoms with E-state index in [0.717, 1.165) is 5.69 Å². The van der Waals surface area contributed by atoms with Gasteiger partial charge in [-0.2, -0.15) is 5.10 Å². The molecule has 4 nitrogen and oxygen atoms in total. The van der Waals surface area contributed by atoms with Crippen LogP contribution in [0.5, 0.6) is 0 Å². The number of hydrogen-bond donors (Lipinski definition) is 1. The van der Waals surface area contributed by atoms with E-state index in [1.54, 1.807) is 16.8 Å². The van der Waals surface area contributed by atoms with E-state index in [1.165, 1.54) is 0 Å². The van der Waals surface area contributed by atoms with Gasteiger partial charge in [-0.1, -0.05) is 25.4 Å². The third-order valence-corrected chi connectivity index (χ3v) is 2.83. The highest BCUT2D eigenvalue weighted by Gasteiger charge is 2.07. The van der Waals surface area contributed by atoms with Gasteiger partial charge in [0.1, 0.15) is 0 Å². The molecule has 2 aromatic rings. The Labute approximate surface area is 105 Å². The number of aliphatic hydroxyl groups is 1. The van der Waals surface area contributed by atoms with Crippen molar-refractivity contribution in [3.8, 4) is 5.82 Å². The largest absolute Gasteiger partial charge is 0.390 e. The molecule has 2 heterocycles. The molecule has 0 unspecified atom stereocenters. The minimum absolute atomic E-state index is 0.176. The average molecular weight is 252 g/mol. The molecule has 0 aliphatic carbocycles. The molecular weight excluding hydrogens is 238 g/mol. The van der Waals surface area contributed by atoms with Crippen molar-refractivity contribution in [2.75, 3.05) is 0 Å². The lowest BCUT2D eigenvalue weighted by atomic mass is 10.1. The van der Waals surface area contributed by atoms with Crippen LogP contribution in [0.2, 0.25) is 5.02 Å². The molecule has 0 fully saturated rings. The summed E-state index contributed by atoms with van der Waals surface area (Å²) >= 11 is 5.89. The summed E-state index contributed by atoms with van der Waals surface area (Å²) in [5.41, 5.74) is 1.47. The highest BCUT2D eigenvalue weighted by Crippen LogP contribution is 2.17. The zero-order valence-electron chi connectivity index (χ0n) is 9.76. The Morgan fingerprint density at radius 2 is 2.12 bits per heavy atom. The summed E-state index contributed by atoms with van der Waals surface area (Å²) in [4.78, 5) is 4.25. The zero-order valence-corrected chi connectivity index (χ0v) is 10.5. The molecule has 0 saturated carbocycles. The predicted molar refractivity (Wildman–Crippen MR) is 66.4 cm³/mol. The van der Waals surface area contributed by atoms with E-state index in [0.29, 0.717) is 22.5 Å². The van der Waals surface area contributed by atoms with Gasteiger partial charge in [0, 0.05) is 6.20 Å². The standard InChI is InChI=1S/C12H14ClN3O/c1-8(2)10-5-6-16(15-10)12-4-3-9(13)11(7-17)14-12/h3-6,8,17H,7H2,1-2H3. The van der Waals surface area contributed by atoms with E-state index in [9.17, 15) is 0 Å². The summed E-state index contributed by atoms with van der Waals surface area (Å²) < 4.78 is 1.69. The Kier molecular flexibility index (Phi) is 3.45. The summed E-state index contributed by atoms with van der Waals surface area (Å²) in [7, 11) is 0. The molecule has 0 spiro atoms. The van der Waals surface area contributed by atoms with Crippen molar-refractivity contribution in [1.29, 1.82) is 0 Å². The molecule has 0 aromatic carbocycles. The maximum atomic E-state index is 9.11. The van der Waals surface area contributed by atoms with Crippen LogP contribution in [0.3, 0.4) is 0 Å². The maximum Gasteiger partial charge on any atom is 0.153 e. The van der Waals surface area contributed by atoms with Gasteiger partial charge in [-0.25, -0.2) is 9.67 Å². The van der Waals surface area contributed by atoms with Gasteiger partial charge >= 0.3 is 0 Å². The van der Waals surface area contributed by atoms with Gasteiger partial charge in [-0.3, -0.25) is 0 Å². The van der Waals surface area contributed by atoms with E-state index in [-0.39, 0.29) is 6.61 Å².